The van der Waals surface area contributed by atoms with Crippen LogP contribution in [0.1, 0.15) is 110 Å². The van der Waals surface area contributed by atoms with Crippen molar-refractivity contribution in [2.45, 2.75) is 110 Å². The summed E-state index contributed by atoms with van der Waals surface area (Å²) < 4.78 is 0. The molecule has 0 heterocycles. The van der Waals surface area contributed by atoms with E-state index in [1.165, 1.54) is 44.9 Å². The number of carbonyl (C=O) groups is 2. The van der Waals surface area contributed by atoms with Gasteiger partial charge in [-0.3, -0.25) is 9.59 Å². The van der Waals surface area contributed by atoms with Gasteiger partial charge in [0.25, 0.3) is 0 Å². The molecule has 0 spiro atoms. The standard InChI is InChI=1S/C20H38O4.Li.Na.2H/c1-3-5-7-8-9-10-11-12-13-15-17-20(18(21)22,19(23)24)16-14-6-4-2;;;;/h3-17H2,1-2H3,(H,21,22)(H,23,24);;;;. The molecule has 0 unspecified atom stereocenters. The minimum atomic E-state index is -1.57. The average Bonchev–Trinajstić information content (AvgIpc) is 2.54. The van der Waals surface area contributed by atoms with E-state index in [9.17, 15) is 19.8 Å². The molecule has 0 saturated carbocycles. The molecule has 0 amide bonds. The molecule has 0 aliphatic rings. The Morgan fingerprint density at radius 1 is 0.615 bits per heavy atom. The molecule has 2 N–H and O–H groups in total. The maximum atomic E-state index is 11.6. The van der Waals surface area contributed by atoms with Gasteiger partial charge in [-0.25, -0.2) is 0 Å². The number of rotatable bonds is 17. The summed E-state index contributed by atoms with van der Waals surface area (Å²) in [4.78, 5) is 23.1. The van der Waals surface area contributed by atoms with E-state index in [1.54, 1.807) is 0 Å². The number of aliphatic carboxylic acids is 2. The molecular weight excluding hydrogens is 334 g/mol. The third-order valence-corrected chi connectivity index (χ3v) is 4.98. The summed E-state index contributed by atoms with van der Waals surface area (Å²) in [5, 5.41) is 18.9. The van der Waals surface area contributed by atoms with Gasteiger partial charge in [0, 0.05) is 0 Å². The van der Waals surface area contributed by atoms with E-state index in [1.807, 2.05) is 6.92 Å². The monoisotopic (exact) mass is 374 g/mol. The second kappa shape index (κ2) is 20.3. The van der Waals surface area contributed by atoms with E-state index in [0.29, 0.717) is 12.8 Å². The molecule has 0 atom stereocenters. The van der Waals surface area contributed by atoms with Crippen LogP contribution in [0.4, 0.5) is 0 Å². The molecule has 0 aliphatic heterocycles. The second-order valence-corrected chi connectivity index (χ2v) is 7.08. The molecule has 0 aliphatic carbocycles. The third-order valence-electron chi connectivity index (χ3n) is 4.98. The van der Waals surface area contributed by atoms with Crippen LogP contribution in [0.15, 0.2) is 0 Å². The zero-order chi connectivity index (χ0) is 18.3. The molecule has 0 fully saturated rings. The summed E-state index contributed by atoms with van der Waals surface area (Å²) in [6.45, 7) is 4.25. The van der Waals surface area contributed by atoms with Crippen LogP contribution in [0.5, 0.6) is 0 Å². The average molecular weight is 374 g/mol. The Labute approximate surface area is 194 Å². The van der Waals surface area contributed by atoms with Gasteiger partial charge in [0.15, 0.2) is 5.41 Å². The van der Waals surface area contributed by atoms with Crippen molar-refractivity contribution in [1.82, 2.24) is 0 Å². The van der Waals surface area contributed by atoms with E-state index >= 15 is 0 Å². The SMILES string of the molecule is CCCCCCCCCCCCC(CCCCC)(C(=O)O)C(=O)O.[LiH].[NaH]. The normalized spacial score (nSPS) is 10.7. The van der Waals surface area contributed by atoms with E-state index in [-0.39, 0.29) is 61.3 Å². The molecule has 4 nitrogen and oxygen atoms in total. The Balaban J connectivity index is -0.00000264. The molecule has 6 heteroatoms. The first-order valence-corrected chi connectivity index (χ1v) is 9.98. The van der Waals surface area contributed by atoms with Gasteiger partial charge in [-0.05, 0) is 12.8 Å². The van der Waals surface area contributed by atoms with E-state index in [4.69, 9.17) is 0 Å². The summed E-state index contributed by atoms with van der Waals surface area (Å²) >= 11 is 0. The van der Waals surface area contributed by atoms with Crippen LogP contribution in [0, 0.1) is 5.41 Å². The number of hydrogen-bond acceptors (Lipinski definition) is 2. The first-order valence-electron chi connectivity index (χ1n) is 9.98. The van der Waals surface area contributed by atoms with Gasteiger partial charge in [-0.2, -0.15) is 0 Å². The zero-order valence-corrected chi connectivity index (χ0v) is 15.8. The van der Waals surface area contributed by atoms with Crippen molar-refractivity contribution in [2.24, 2.45) is 5.41 Å². The Morgan fingerprint density at radius 3 is 1.23 bits per heavy atom. The van der Waals surface area contributed by atoms with Crippen LogP contribution in [0.25, 0.3) is 0 Å². The number of hydrogen-bond donors (Lipinski definition) is 2. The summed E-state index contributed by atoms with van der Waals surface area (Å²) in [5.41, 5.74) is -1.57. The van der Waals surface area contributed by atoms with Crippen molar-refractivity contribution in [3.05, 3.63) is 0 Å². The maximum absolute atomic E-state index is 11.6. The van der Waals surface area contributed by atoms with Crippen LogP contribution in [-0.4, -0.2) is 70.6 Å². The summed E-state index contributed by atoms with van der Waals surface area (Å²) in [6.07, 6.45) is 14.7. The number of carboxylic acids is 2. The van der Waals surface area contributed by atoms with Crippen LogP contribution in [0.2, 0.25) is 0 Å². The minimum absolute atomic E-state index is 0. The summed E-state index contributed by atoms with van der Waals surface area (Å²) in [6, 6.07) is 0. The number of unbranched alkanes of at least 4 members (excludes halogenated alkanes) is 11. The van der Waals surface area contributed by atoms with Crippen molar-refractivity contribution in [2.75, 3.05) is 0 Å². The van der Waals surface area contributed by atoms with Gasteiger partial charge in [0.2, 0.25) is 0 Å². The fourth-order valence-electron chi connectivity index (χ4n) is 3.24. The Bertz CT molecular complexity index is 337. The first kappa shape index (κ1) is 31.2. The van der Waals surface area contributed by atoms with Gasteiger partial charge < -0.3 is 10.2 Å². The van der Waals surface area contributed by atoms with E-state index in [2.05, 4.69) is 6.92 Å². The van der Waals surface area contributed by atoms with Crippen LogP contribution < -0.4 is 0 Å². The van der Waals surface area contributed by atoms with Gasteiger partial charge in [0.05, 0.1) is 0 Å². The molecule has 0 aromatic carbocycles. The second-order valence-electron chi connectivity index (χ2n) is 7.08. The van der Waals surface area contributed by atoms with E-state index in [0.717, 1.165) is 25.7 Å². The van der Waals surface area contributed by atoms with Crippen molar-refractivity contribution < 1.29 is 19.8 Å². The predicted octanol–water partition coefficient (Wildman–Crippen LogP) is 4.74. The van der Waals surface area contributed by atoms with Crippen molar-refractivity contribution in [3.8, 4) is 0 Å². The molecule has 0 saturated heterocycles. The topological polar surface area (TPSA) is 74.6 Å². The number of carboxylic acid groups (broad SMARTS) is 2. The van der Waals surface area contributed by atoms with Gasteiger partial charge in [-0.1, -0.05) is 97.3 Å². The molecule has 0 aromatic heterocycles. The summed E-state index contributed by atoms with van der Waals surface area (Å²) in [7, 11) is 0. The summed E-state index contributed by atoms with van der Waals surface area (Å²) in [5.74, 6) is -2.33. The van der Waals surface area contributed by atoms with E-state index < -0.39 is 17.4 Å². The van der Waals surface area contributed by atoms with Gasteiger partial charge in [-0.15, -0.1) is 0 Å². The molecule has 0 rings (SSSR count). The fourth-order valence-corrected chi connectivity index (χ4v) is 3.24. The third kappa shape index (κ3) is 13.7. The Hall–Kier alpha value is 0.537. The molecule has 0 bridgehead atoms. The van der Waals surface area contributed by atoms with Crippen molar-refractivity contribution in [1.29, 1.82) is 0 Å². The van der Waals surface area contributed by atoms with Gasteiger partial charge >= 0.3 is 60.4 Å². The Kier molecular flexibility index (Phi) is 24.4. The molecule has 146 valence electrons. The fraction of sp³-hybridized carbons (Fsp3) is 0.900. The predicted molar refractivity (Wildman–Crippen MR) is 113 cm³/mol. The Morgan fingerprint density at radius 2 is 0.885 bits per heavy atom. The van der Waals surface area contributed by atoms with Crippen LogP contribution in [-0.2, 0) is 9.59 Å². The van der Waals surface area contributed by atoms with Crippen LogP contribution in [0.3, 0.4) is 0 Å². The molecule has 0 aromatic rings. The molecule has 26 heavy (non-hydrogen) atoms. The van der Waals surface area contributed by atoms with Gasteiger partial charge in [0.1, 0.15) is 0 Å². The molecular formula is C20H40LiNaO4. The van der Waals surface area contributed by atoms with Crippen molar-refractivity contribution in [3.63, 3.8) is 0 Å². The van der Waals surface area contributed by atoms with Crippen LogP contribution >= 0.6 is 0 Å². The first-order chi connectivity index (χ1) is 11.5. The van der Waals surface area contributed by atoms with Crippen molar-refractivity contribution >= 4 is 60.4 Å². The molecule has 0 radical (unpaired) electrons. The zero-order valence-electron chi connectivity index (χ0n) is 15.8. The quantitative estimate of drug-likeness (QED) is 0.219.